The zero-order chi connectivity index (χ0) is 12.0. The summed E-state index contributed by atoms with van der Waals surface area (Å²) in [6, 6.07) is 8.36. The summed E-state index contributed by atoms with van der Waals surface area (Å²) in [7, 11) is 2.07. The molecule has 1 atom stereocenters. The van der Waals surface area contributed by atoms with E-state index >= 15 is 0 Å². The van der Waals surface area contributed by atoms with Crippen molar-refractivity contribution >= 4 is 0 Å². The Bertz CT molecular complexity index is 295. The van der Waals surface area contributed by atoms with Crippen molar-refractivity contribution in [2.24, 2.45) is 5.73 Å². The Labute approximate surface area is 97.9 Å². The van der Waals surface area contributed by atoms with E-state index < -0.39 is 0 Å². The molecule has 1 rings (SSSR count). The van der Waals surface area contributed by atoms with Gasteiger partial charge < -0.3 is 15.7 Å². The second-order valence-electron chi connectivity index (χ2n) is 4.40. The van der Waals surface area contributed by atoms with Crippen molar-refractivity contribution in [3.05, 3.63) is 35.4 Å². The van der Waals surface area contributed by atoms with Crippen LogP contribution in [0, 0.1) is 0 Å². The molecular formula is C13H22N2O. The fourth-order valence-electron chi connectivity index (χ4n) is 1.58. The van der Waals surface area contributed by atoms with Crippen molar-refractivity contribution in [3.63, 3.8) is 0 Å². The first kappa shape index (κ1) is 13.2. The van der Waals surface area contributed by atoms with Gasteiger partial charge in [-0.25, -0.2) is 0 Å². The van der Waals surface area contributed by atoms with Gasteiger partial charge in [0.1, 0.15) is 0 Å². The third-order valence-corrected chi connectivity index (χ3v) is 2.64. The van der Waals surface area contributed by atoms with Crippen LogP contribution in [0.5, 0.6) is 0 Å². The summed E-state index contributed by atoms with van der Waals surface area (Å²) in [6.07, 6.45) is 0.597. The number of aliphatic hydroxyl groups excluding tert-OH is 1. The minimum atomic E-state index is -0.220. The minimum Gasteiger partial charge on any atom is -0.393 e. The Morgan fingerprint density at radius 3 is 2.31 bits per heavy atom. The molecule has 1 aromatic rings. The lowest BCUT2D eigenvalue weighted by Gasteiger charge is -2.17. The lowest BCUT2D eigenvalue weighted by atomic mass is 10.1. The molecular weight excluding hydrogens is 200 g/mol. The Morgan fingerprint density at radius 2 is 1.81 bits per heavy atom. The van der Waals surface area contributed by atoms with Gasteiger partial charge in [0.25, 0.3) is 0 Å². The monoisotopic (exact) mass is 222 g/mol. The number of nitrogens with two attached hydrogens (primary N) is 1. The summed E-state index contributed by atoms with van der Waals surface area (Å²) in [4.78, 5) is 2.21. The van der Waals surface area contributed by atoms with Crippen LogP contribution in [0.25, 0.3) is 0 Å². The summed E-state index contributed by atoms with van der Waals surface area (Å²) in [5.74, 6) is 0. The number of aliphatic hydroxyl groups is 1. The van der Waals surface area contributed by atoms with E-state index in [1.807, 2.05) is 6.92 Å². The van der Waals surface area contributed by atoms with Crippen LogP contribution in [0.1, 0.15) is 24.5 Å². The molecule has 0 radical (unpaired) electrons. The highest BCUT2D eigenvalue weighted by molar-refractivity contribution is 5.22. The zero-order valence-electron chi connectivity index (χ0n) is 10.2. The number of hydrogen-bond acceptors (Lipinski definition) is 3. The van der Waals surface area contributed by atoms with Crippen molar-refractivity contribution in [2.45, 2.75) is 32.5 Å². The number of hydrogen-bond donors (Lipinski definition) is 2. The molecule has 1 aromatic carbocycles. The highest BCUT2D eigenvalue weighted by Gasteiger charge is 2.02. The topological polar surface area (TPSA) is 49.5 Å². The zero-order valence-corrected chi connectivity index (χ0v) is 10.2. The standard InChI is InChI=1S/C13H22N2O/c1-11(16)7-8-15(2)10-13-5-3-12(9-14)4-6-13/h3-6,11,16H,7-10,14H2,1-2H3. The molecule has 3 N–H and O–H groups in total. The van der Waals surface area contributed by atoms with E-state index in [0.29, 0.717) is 6.54 Å². The molecule has 0 aliphatic carbocycles. The van der Waals surface area contributed by atoms with Gasteiger partial charge in [-0.3, -0.25) is 0 Å². The molecule has 16 heavy (non-hydrogen) atoms. The van der Waals surface area contributed by atoms with Crippen molar-refractivity contribution in [1.29, 1.82) is 0 Å². The van der Waals surface area contributed by atoms with Crippen molar-refractivity contribution in [2.75, 3.05) is 13.6 Å². The molecule has 0 saturated heterocycles. The molecule has 3 nitrogen and oxygen atoms in total. The molecule has 0 spiro atoms. The molecule has 1 unspecified atom stereocenters. The second kappa shape index (κ2) is 6.63. The van der Waals surface area contributed by atoms with Gasteiger partial charge in [-0.1, -0.05) is 24.3 Å². The summed E-state index contributed by atoms with van der Waals surface area (Å²) in [5.41, 5.74) is 7.99. The van der Waals surface area contributed by atoms with E-state index in [-0.39, 0.29) is 6.10 Å². The van der Waals surface area contributed by atoms with Crippen molar-refractivity contribution in [3.8, 4) is 0 Å². The summed E-state index contributed by atoms with van der Waals surface area (Å²) in [5, 5.41) is 9.20. The average molecular weight is 222 g/mol. The van der Waals surface area contributed by atoms with Crippen molar-refractivity contribution < 1.29 is 5.11 Å². The van der Waals surface area contributed by atoms with Crippen LogP contribution in [0.2, 0.25) is 0 Å². The number of nitrogens with zero attached hydrogens (tertiary/aromatic N) is 1. The maximum absolute atomic E-state index is 9.20. The fraction of sp³-hybridized carbons (Fsp3) is 0.538. The van der Waals surface area contributed by atoms with Crippen LogP contribution in [-0.4, -0.2) is 29.7 Å². The Hall–Kier alpha value is -0.900. The van der Waals surface area contributed by atoms with Crippen LogP contribution in [0.15, 0.2) is 24.3 Å². The molecule has 0 aliphatic rings. The first-order valence-electron chi connectivity index (χ1n) is 5.76. The van der Waals surface area contributed by atoms with Gasteiger partial charge in [0.05, 0.1) is 6.10 Å². The quantitative estimate of drug-likeness (QED) is 0.764. The highest BCUT2D eigenvalue weighted by atomic mass is 16.3. The predicted molar refractivity (Wildman–Crippen MR) is 67.0 cm³/mol. The van der Waals surface area contributed by atoms with E-state index in [9.17, 15) is 5.11 Å². The van der Waals surface area contributed by atoms with E-state index in [0.717, 1.165) is 25.1 Å². The predicted octanol–water partition coefficient (Wildman–Crippen LogP) is 1.35. The molecule has 0 saturated carbocycles. The first-order chi connectivity index (χ1) is 7.61. The van der Waals surface area contributed by atoms with E-state index in [1.165, 1.54) is 5.56 Å². The number of benzene rings is 1. The molecule has 90 valence electrons. The van der Waals surface area contributed by atoms with Gasteiger partial charge in [0.2, 0.25) is 0 Å². The van der Waals surface area contributed by atoms with Gasteiger partial charge in [0, 0.05) is 19.6 Å². The van der Waals surface area contributed by atoms with Crippen LogP contribution in [0.3, 0.4) is 0 Å². The Balaban J connectivity index is 2.40. The SMILES string of the molecule is CC(O)CCN(C)Cc1ccc(CN)cc1. The van der Waals surface area contributed by atoms with Crippen LogP contribution in [0.4, 0.5) is 0 Å². The van der Waals surface area contributed by atoms with Crippen molar-refractivity contribution in [1.82, 2.24) is 4.90 Å². The molecule has 0 amide bonds. The lowest BCUT2D eigenvalue weighted by Crippen LogP contribution is -2.22. The van der Waals surface area contributed by atoms with E-state index in [2.05, 4.69) is 36.2 Å². The largest absolute Gasteiger partial charge is 0.393 e. The van der Waals surface area contributed by atoms with Gasteiger partial charge in [-0.05, 0) is 31.5 Å². The van der Waals surface area contributed by atoms with Crippen LogP contribution < -0.4 is 5.73 Å². The van der Waals surface area contributed by atoms with Crippen LogP contribution >= 0.6 is 0 Å². The van der Waals surface area contributed by atoms with E-state index in [4.69, 9.17) is 5.73 Å². The number of rotatable bonds is 6. The molecule has 0 aromatic heterocycles. The van der Waals surface area contributed by atoms with Gasteiger partial charge >= 0.3 is 0 Å². The van der Waals surface area contributed by atoms with Gasteiger partial charge in [0.15, 0.2) is 0 Å². The maximum atomic E-state index is 9.20. The lowest BCUT2D eigenvalue weighted by molar-refractivity contribution is 0.163. The van der Waals surface area contributed by atoms with Gasteiger partial charge in [-0.2, -0.15) is 0 Å². The highest BCUT2D eigenvalue weighted by Crippen LogP contribution is 2.07. The summed E-state index contributed by atoms with van der Waals surface area (Å²) >= 11 is 0. The molecule has 0 bridgehead atoms. The normalized spacial score (nSPS) is 13.1. The minimum absolute atomic E-state index is 0.220. The maximum Gasteiger partial charge on any atom is 0.0524 e. The second-order valence-corrected chi connectivity index (χ2v) is 4.40. The first-order valence-corrected chi connectivity index (χ1v) is 5.76. The Morgan fingerprint density at radius 1 is 1.25 bits per heavy atom. The molecule has 0 aliphatic heterocycles. The molecule has 0 fully saturated rings. The Kier molecular flexibility index (Phi) is 5.46. The fourth-order valence-corrected chi connectivity index (χ4v) is 1.58. The van der Waals surface area contributed by atoms with Gasteiger partial charge in [-0.15, -0.1) is 0 Å². The smallest absolute Gasteiger partial charge is 0.0524 e. The molecule has 0 heterocycles. The third-order valence-electron chi connectivity index (χ3n) is 2.64. The third kappa shape index (κ3) is 4.75. The average Bonchev–Trinajstić information content (AvgIpc) is 2.27. The summed E-state index contributed by atoms with van der Waals surface area (Å²) in [6.45, 7) is 4.25. The summed E-state index contributed by atoms with van der Waals surface area (Å²) < 4.78 is 0. The van der Waals surface area contributed by atoms with Crippen LogP contribution in [-0.2, 0) is 13.1 Å². The molecule has 3 heteroatoms. The van der Waals surface area contributed by atoms with E-state index in [1.54, 1.807) is 0 Å².